The van der Waals surface area contributed by atoms with Gasteiger partial charge in [0.15, 0.2) is 7.31 Å². The third-order valence-electron chi connectivity index (χ3n) is 0.535. The lowest BCUT2D eigenvalue weighted by molar-refractivity contribution is -0.116. The van der Waals surface area contributed by atoms with Crippen LogP contribution >= 0.6 is 45.0 Å². The summed E-state index contributed by atoms with van der Waals surface area (Å²) in [6.07, 6.45) is 0. The summed E-state index contributed by atoms with van der Waals surface area (Å²) in [5.41, 5.74) is 0. The second-order valence-electron chi connectivity index (χ2n) is 1.19. The van der Waals surface area contributed by atoms with Crippen LogP contribution in [0.5, 0.6) is 0 Å². The Balaban J connectivity index is 2.97. The fourth-order valence-corrected chi connectivity index (χ4v) is 0.644. The summed E-state index contributed by atoms with van der Waals surface area (Å²) in [6.45, 7) is 0. The van der Waals surface area contributed by atoms with Gasteiger partial charge in [-0.05, 0) is 0 Å². The number of carbonyl (C=O) groups is 1. The van der Waals surface area contributed by atoms with Crippen molar-refractivity contribution in [1.82, 2.24) is 5.23 Å². The lowest BCUT2D eigenvalue weighted by Crippen LogP contribution is -2.33. The van der Waals surface area contributed by atoms with Gasteiger partial charge in [-0.1, -0.05) is 22.6 Å². The normalized spacial score (nSPS) is 7.78. The molecule has 0 heterocycles. The second kappa shape index (κ2) is 7.23. The van der Waals surface area contributed by atoms with Gasteiger partial charge in [-0.2, -0.15) is 22.4 Å². The van der Waals surface area contributed by atoms with Crippen LogP contribution in [0.4, 0.5) is 0 Å². The number of halogens is 2. The summed E-state index contributed by atoms with van der Waals surface area (Å²) >= 11 is 4.09. The van der Waals surface area contributed by atoms with Gasteiger partial charge in [-0.3, -0.25) is 4.79 Å². The largest absolute Gasteiger partial charge is 0.412 e. The first-order valence-corrected chi connectivity index (χ1v) is 5.02. The van der Waals surface area contributed by atoms with E-state index in [0.29, 0.717) is 4.43 Å². The fourth-order valence-electron chi connectivity index (χ4n) is 0.216. The van der Waals surface area contributed by atoms with Gasteiger partial charge in [0.25, 0.3) is 0 Å². The number of nitrogens with one attached hydrogen (secondary N) is 1. The maximum atomic E-state index is 10.5. The van der Waals surface area contributed by atoms with Gasteiger partial charge in [0.2, 0.25) is 5.91 Å². The summed E-state index contributed by atoms with van der Waals surface area (Å²) in [4.78, 5) is 10.5. The molecule has 9 heavy (non-hydrogen) atoms. The number of hydrogen-bond acceptors (Lipinski definition) is 1. The van der Waals surface area contributed by atoms with Crippen LogP contribution in [-0.2, 0) is 4.79 Å². The Hall–Kier alpha value is 1.12. The summed E-state index contributed by atoms with van der Waals surface area (Å²) < 4.78 is 0.503. The first kappa shape index (κ1) is 10.1. The van der Waals surface area contributed by atoms with Crippen molar-refractivity contribution in [1.29, 1.82) is 0 Å². The highest BCUT2D eigenvalue weighted by molar-refractivity contribution is 14.1. The molecule has 0 saturated heterocycles. The molecular formula is C2H3B3I2NO. The lowest BCUT2D eigenvalue weighted by Gasteiger charge is -1.95. The zero-order chi connectivity index (χ0) is 7.11. The van der Waals surface area contributed by atoms with Crippen molar-refractivity contribution in [3.05, 3.63) is 0 Å². The van der Waals surface area contributed by atoms with Gasteiger partial charge in [0, 0.05) is 0 Å². The standard InChI is InChI=1S/C2H3B3I2NO/c6-1-2(9)8-5-3-4-7/h1H2,(H,8,9). The number of hydrogen-bond donors (Lipinski definition) is 1. The lowest BCUT2D eigenvalue weighted by atomic mass is 9.33. The quantitative estimate of drug-likeness (QED) is 0.324. The van der Waals surface area contributed by atoms with Crippen molar-refractivity contribution in [2.75, 3.05) is 4.43 Å². The van der Waals surface area contributed by atoms with Crippen molar-refractivity contribution in [2.24, 2.45) is 0 Å². The minimum atomic E-state index is 0.0325. The number of rotatable bonds is 4. The molecule has 0 aliphatic rings. The molecule has 0 rings (SSSR count). The molecule has 45 valence electrons. The van der Waals surface area contributed by atoms with E-state index in [4.69, 9.17) is 0 Å². The first-order valence-electron chi connectivity index (χ1n) is 2.25. The van der Waals surface area contributed by atoms with Crippen molar-refractivity contribution in [3.63, 3.8) is 0 Å². The third kappa shape index (κ3) is 7.02. The highest BCUT2D eigenvalue weighted by Gasteiger charge is 1.96. The fraction of sp³-hybridized carbons (Fsp3) is 0.500. The predicted molar refractivity (Wildman–Crippen MR) is 58.3 cm³/mol. The Morgan fingerprint density at radius 3 is 2.78 bits per heavy atom. The van der Waals surface area contributed by atoms with Gasteiger partial charge in [-0.25, -0.2) is 0 Å². The third-order valence-corrected chi connectivity index (χ3v) is 1.64. The molecule has 0 atom stereocenters. The molecule has 0 spiro atoms. The summed E-state index contributed by atoms with van der Waals surface area (Å²) in [5, 5.41) is 4.39. The Labute approximate surface area is 84.0 Å². The van der Waals surface area contributed by atoms with E-state index in [1.807, 2.05) is 27.6 Å². The molecule has 0 aromatic carbocycles. The average Bonchev–Trinajstić information content (AvgIpc) is 1.89. The molecule has 1 N–H and O–H groups in total. The van der Waals surface area contributed by atoms with Crippen LogP contribution in [-0.4, -0.2) is 29.7 Å². The van der Waals surface area contributed by atoms with Gasteiger partial charge >= 0.3 is 0 Å². The van der Waals surface area contributed by atoms with E-state index in [9.17, 15) is 4.79 Å². The maximum Gasteiger partial charge on any atom is 0.216 e. The van der Waals surface area contributed by atoms with E-state index in [-0.39, 0.29) is 5.91 Å². The minimum absolute atomic E-state index is 0.0325. The van der Waals surface area contributed by atoms with E-state index in [1.54, 1.807) is 14.4 Å². The monoisotopic (exact) mass is 344 g/mol. The van der Waals surface area contributed by atoms with Crippen molar-refractivity contribution < 1.29 is 4.79 Å². The molecule has 0 aliphatic carbocycles. The van der Waals surface area contributed by atoms with Crippen molar-refractivity contribution in [3.8, 4) is 0 Å². The molecule has 0 unspecified atom stereocenters. The average molecular weight is 343 g/mol. The Morgan fingerprint density at radius 2 is 2.33 bits per heavy atom. The Morgan fingerprint density at radius 1 is 1.67 bits per heavy atom. The van der Waals surface area contributed by atoms with E-state index >= 15 is 0 Å². The van der Waals surface area contributed by atoms with Crippen LogP contribution in [0.3, 0.4) is 0 Å². The van der Waals surface area contributed by atoms with Crippen LogP contribution < -0.4 is 5.23 Å². The number of carbonyl (C=O) groups excluding carboxylic acids is 1. The van der Waals surface area contributed by atoms with Crippen LogP contribution in [0.2, 0.25) is 0 Å². The topological polar surface area (TPSA) is 29.1 Å². The molecule has 1 amide bonds. The van der Waals surface area contributed by atoms with Crippen LogP contribution in [0, 0.1) is 0 Å². The molecule has 2 nitrogen and oxygen atoms in total. The van der Waals surface area contributed by atoms with Crippen LogP contribution in [0.15, 0.2) is 0 Å². The highest BCUT2D eigenvalue weighted by Crippen LogP contribution is 1.77. The smallest absolute Gasteiger partial charge is 0.216 e. The molecule has 0 aromatic heterocycles. The van der Waals surface area contributed by atoms with Gasteiger partial charge in [0.1, 0.15) is 5.03 Å². The van der Waals surface area contributed by atoms with Crippen LogP contribution in [0.1, 0.15) is 0 Å². The SMILES string of the molecule is O=C(CI)N[B][B][B]I. The predicted octanol–water partition coefficient (Wildman–Crippen LogP) is -0.255. The molecule has 0 saturated carbocycles. The maximum absolute atomic E-state index is 10.5. The van der Waals surface area contributed by atoms with E-state index in [0.717, 1.165) is 0 Å². The van der Waals surface area contributed by atoms with Gasteiger partial charge in [0.05, 0.1) is 11.5 Å². The van der Waals surface area contributed by atoms with Gasteiger partial charge < -0.3 is 5.23 Å². The zero-order valence-electron chi connectivity index (χ0n) is 4.60. The summed E-state index contributed by atoms with van der Waals surface area (Å²) in [5.74, 6) is 0.0325. The molecule has 7 heteroatoms. The number of alkyl halides is 1. The number of amides is 1. The molecule has 0 bridgehead atoms. The van der Waals surface area contributed by atoms with Crippen LogP contribution in [0.25, 0.3) is 0 Å². The Kier molecular flexibility index (Phi) is 8.14. The zero-order valence-corrected chi connectivity index (χ0v) is 8.92. The Bertz CT molecular complexity index is 91.9. The van der Waals surface area contributed by atoms with Crippen molar-refractivity contribution >= 4 is 70.3 Å². The first-order chi connectivity index (χ1) is 4.31. The molecule has 3 radical (unpaired) electrons. The highest BCUT2D eigenvalue weighted by atomic mass is 127. The van der Waals surface area contributed by atoms with Crippen molar-refractivity contribution in [2.45, 2.75) is 0 Å². The minimum Gasteiger partial charge on any atom is -0.412 e. The van der Waals surface area contributed by atoms with E-state index < -0.39 is 0 Å². The van der Waals surface area contributed by atoms with E-state index in [2.05, 4.69) is 27.6 Å². The molecule has 0 aromatic rings. The molecule has 0 fully saturated rings. The molecular weight excluding hydrogens is 340 g/mol. The molecule has 0 aliphatic heterocycles. The second-order valence-corrected chi connectivity index (χ2v) is 2.67. The summed E-state index contributed by atoms with van der Waals surface area (Å²) in [6, 6.07) is 0. The summed E-state index contributed by atoms with van der Waals surface area (Å²) in [7, 11) is 3.39. The van der Waals surface area contributed by atoms with Gasteiger partial charge in [-0.15, -0.1) is 0 Å². The van der Waals surface area contributed by atoms with E-state index in [1.165, 1.54) is 0 Å².